The Kier molecular flexibility index (Phi) is 5.74. The number of hydrogen-bond acceptors (Lipinski definition) is 5. The maximum Gasteiger partial charge on any atom is 0.295 e. The first-order valence-corrected chi connectivity index (χ1v) is 9.46. The summed E-state index contributed by atoms with van der Waals surface area (Å²) in [7, 11) is 0. The minimum atomic E-state index is -0.442. The van der Waals surface area contributed by atoms with Gasteiger partial charge in [-0.15, -0.1) is 0 Å². The van der Waals surface area contributed by atoms with Crippen LogP contribution in [0.5, 0.6) is 0 Å². The largest absolute Gasteiger partial charge is 0.466 e. The Bertz CT molecular complexity index is 1150. The monoisotopic (exact) mass is 398 g/mol. The van der Waals surface area contributed by atoms with Crippen molar-refractivity contribution in [2.24, 2.45) is 0 Å². The Balaban J connectivity index is 2.19. The van der Waals surface area contributed by atoms with Gasteiger partial charge in [0.2, 0.25) is 5.65 Å². The van der Waals surface area contributed by atoms with Crippen LogP contribution in [0.15, 0.2) is 39.3 Å². The van der Waals surface area contributed by atoms with Crippen molar-refractivity contribution >= 4 is 11.6 Å². The topological polar surface area (TPSA) is 102 Å². The first kappa shape index (κ1) is 20.6. The van der Waals surface area contributed by atoms with Gasteiger partial charge in [-0.1, -0.05) is 11.6 Å². The first-order valence-electron chi connectivity index (χ1n) is 9.46. The van der Waals surface area contributed by atoms with Crippen LogP contribution in [-0.4, -0.2) is 37.6 Å². The van der Waals surface area contributed by atoms with Crippen LogP contribution in [0.3, 0.4) is 0 Å². The predicted octanol–water partition coefficient (Wildman–Crippen LogP) is 2.45. The van der Waals surface area contributed by atoms with Crippen molar-refractivity contribution in [1.29, 1.82) is 0 Å². The molecule has 29 heavy (non-hydrogen) atoms. The SMILES string of the molecule is CC(C)=CCn1c(-c2cc(C)oc2C)cn2cc(C(=O)N[C@@H](C)CO)nc2c1=O. The van der Waals surface area contributed by atoms with Crippen LogP contribution < -0.4 is 10.9 Å². The zero-order chi connectivity index (χ0) is 21.3. The molecule has 0 spiro atoms. The number of nitrogens with zero attached hydrogens (tertiary/aromatic N) is 3. The molecule has 3 heterocycles. The molecule has 0 radical (unpaired) electrons. The first-order chi connectivity index (χ1) is 13.7. The standard InChI is InChI=1S/C21H26N4O4/c1-12(2)6-7-25-18(16-8-14(4)29-15(16)5)10-24-9-17(23-19(24)21(25)28)20(27)22-13(3)11-26/h6,8-10,13,26H,7,11H2,1-5H3,(H,22,27)/t13-/m0/s1. The molecule has 0 saturated carbocycles. The van der Waals surface area contributed by atoms with Gasteiger partial charge in [0.05, 0.1) is 12.3 Å². The van der Waals surface area contributed by atoms with E-state index in [1.54, 1.807) is 22.1 Å². The summed E-state index contributed by atoms with van der Waals surface area (Å²) >= 11 is 0. The maximum absolute atomic E-state index is 13.2. The third kappa shape index (κ3) is 4.17. The van der Waals surface area contributed by atoms with Gasteiger partial charge in [0.1, 0.15) is 17.2 Å². The van der Waals surface area contributed by atoms with E-state index in [4.69, 9.17) is 9.52 Å². The summed E-state index contributed by atoms with van der Waals surface area (Å²) in [6.45, 7) is 9.53. The van der Waals surface area contributed by atoms with E-state index in [-0.39, 0.29) is 23.5 Å². The van der Waals surface area contributed by atoms with Crippen LogP contribution >= 0.6 is 0 Å². The van der Waals surface area contributed by atoms with Crippen molar-refractivity contribution in [2.75, 3.05) is 6.61 Å². The molecule has 154 valence electrons. The van der Waals surface area contributed by atoms with Gasteiger partial charge in [-0.2, -0.15) is 0 Å². The predicted molar refractivity (Wildman–Crippen MR) is 110 cm³/mol. The van der Waals surface area contributed by atoms with Crippen LogP contribution in [0.2, 0.25) is 0 Å². The third-order valence-electron chi connectivity index (χ3n) is 4.60. The smallest absolute Gasteiger partial charge is 0.295 e. The van der Waals surface area contributed by atoms with E-state index in [0.29, 0.717) is 18.0 Å². The number of allylic oxidation sites excluding steroid dienone is 2. The number of nitrogens with one attached hydrogen (secondary N) is 1. The van der Waals surface area contributed by atoms with E-state index in [1.807, 2.05) is 39.8 Å². The Labute approximate surface area is 168 Å². The number of carbonyl (C=O) groups excluding carboxylic acids is 1. The van der Waals surface area contributed by atoms with Gasteiger partial charge < -0.3 is 14.8 Å². The van der Waals surface area contributed by atoms with Crippen molar-refractivity contribution in [3.05, 3.63) is 57.7 Å². The molecule has 0 aliphatic rings. The second-order valence-corrected chi connectivity index (χ2v) is 7.45. The molecule has 1 atom stereocenters. The molecule has 0 aromatic carbocycles. The quantitative estimate of drug-likeness (QED) is 0.621. The van der Waals surface area contributed by atoms with Gasteiger partial charge in [-0.3, -0.25) is 18.6 Å². The van der Waals surface area contributed by atoms with E-state index in [1.165, 1.54) is 6.20 Å². The average molecular weight is 398 g/mol. The molecule has 0 aliphatic carbocycles. The number of rotatable bonds is 6. The maximum atomic E-state index is 13.2. The number of fused-ring (bicyclic) bond motifs is 1. The average Bonchev–Trinajstić information content (AvgIpc) is 3.23. The van der Waals surface area contributed by atoms with Crippen molar-refractivity contribution in [3.63, 3.8) is 0 Å². The number of aliphatic hydroxyl groups is 1. The number of carbonyl (C=O) groups is 1. The molecule has 0 bridgehead atoms. The number of furan rings is 1. The minimum absolute atomic E-state index is 0.119. The number of hydrogen-bond donors (Lipinski definition) is 2. The molecule has 2 N–H and O–H groups in total. The Morgan fingerprint density at radius 2 is 2.07 bits per heavy atom. The zero-order valence-electron chi connectivity index (χ0n) is 17.3. The molecular formula is C21H26N4O4. The summed E-state index contributed by atoms with van der Waals surface area (Å²) in [5, 5.41) is 11.8. The number of aromatic nitrogens is 3. The van der Waals surface area contributed by atoms with E-state index < -0.39 is 11.9 Å². The number of imidazole rings is 1. The lowest BCUT2D eigenvalue weighted by Crippen LogP contribution is -2.35. The number of aryl methyl sites for hydroxylation is 2. The second kappa shape index (κ2) is 8.08. The fourth-order valence-electron chi connectivity index (χ4n) is 3.09. The van der Waals surface area contributed by atoms with Gasteiger partial charge in [0.15, 0.2) is 0 Å². The number of aliphatic hydroxyl groups excluding tert-OH is 1. The molecule has 3 aromatic heterocycles. The Morgan fingerprint density at radius 1 is 1.34 bits per heavy atom. The van der Waals surface area contributed by atoms with Gasteiger partial charge in [0, 0.05) is 30.5 Å². The Morgan fingerprint density at radius 3 is 2.66 bits per heavy atom. The van der Waals surface area contributed by atoms with E-state index in [0.717, 1.165) is 16.9 Å². The molecular weight excluding hydrogens is 372 g/mol. The van der Waals surface area contributed by atoms with Gasteiger partial charge >= 0.3 is 0 Å². The summed E-state index contributed by atoms with van der Waals surface area (Å²) in [4.78, 5) is 29.8. The van der Waals surface area contributed by atoms with Gasteiger partial charge in [-0.05, 0) is 40.7 Å². The second-order valence-electron chi connectivity index (χ2n) is 7.45. The lowest BCUT2D eigenvalue weighted by Gasteiger charge is -2.11. The van der Waals surface area contributed by atoms with Gasteiger partial charge in [0.25, 0.3) is 11.5 Å². The normalized spacial score (nSPS) is 12.2. The Hall–Kier alpha value is -3.13. The molecule has 3 rings (SSSR count). The minimum Gasteiger partial charge on any atom is -0.466 e. The van der Waals surface area contributed by atoms with Crippen LogP contribution in [0.1, 0.15) is 42.8 Å². The van der Waals surface area contributed by atoms with Crippen molar-refractivity contribution in [3.8, 4) is 11.3 Å². The molecule has 0 fully saturated rings. The molecule has 8 nitrogen and oxygen atoms in total. The van der Waals surface area contributed by atoms with Gasteiger partial charge in [-0.25, -0.2) is 4.98 Å². The molecule has 1 amide bonds. The lowest BCUT2D eigenvalue weighted by molar-refractivity contribution is 0.0918. The zero-order valence-corrected chi connectivity index (χ0v) is 17.3. The molecule has 0 unspecified atom stereocenters. The number of amides is 1. The van der Waals surface area contributed by atoms with Crippen LogP contribution in [0, 0.1) is 13.8 Å². The van der Waals surface area contributed by atoms with Crippen LogP contribution in [0.25, 0.3) is 16.9 Å². The molecule has 0 aliphatic heterocycles. The third-order valence-corrected chi connectivity index (χ3v) is 4.60. The fourth-order valence-corrected chi connectivity index (χ4v) is 3.09. The lowest BCUT2D eigenvalue weighted by atomic mass is 10.1. The highest BCUT2D eigenvalue weighted by Crippen LogP contribution is 2.26. The summed E-state index contributed by atoms with van der Waals surface area (Å²) in [5.74, 6) is 1.02. The fraction of sp³-hybridized carbons (Fsp3) is 0.381. The highest BCUT2D eigenvalue weighted by atomic mass is 16.3. The summed E-state index contributed by atoms with van der Waals surface area (Å²) < 4.78 is 8.85. The van der Waals surface area contributed by atoms with E-state index in [9.17, 15) is 9.59 Å². The molecule has 0 saturated heterocycles. The van der Waals surface area contributed by atoms with Crippen molar-refractivity contribution < 1.29 is 14.3 Å². The van der Waals surface area contributed by atoms with Crippen molar-refractivity contribution in [2.45, 2.75) is 47.2 Å². The molecule has 8 heteroatoms. The van der Waals surface area contributed by atoms with E-state index in [2.05, 4.69) is 10.3 Å². The summed E-state index contributed by atoms with van der Waals surface area (Å²) in [5.41, 5.74) is 2.57. The highest BCUT2D eigenvalue weighted by Gasteiger charge is 2.19. The van der Waals surface area contributed by atoms with E-state index >= 15 is 0 Å². The van der Waals surface area contributed by atoms with Crippen molar-refractivity contribution in [1.82, 2.24) is 19.3 Å². The molecule has 3 aromatic rings. The van der Waals surface area contributed by atoms with Crippen LogP contribution in [-0.2, 0) is 6.54 Å². The summed E-state index contributed by atoms with van der Waals surface area (Å²) in [6.07, 6.45) is 5.27. The highest BCUT2D eigenvalue weighted by molar-refractivity contribution is 5.93. The summed E-state index contributed by atoms with van der Waals surface area (Å²) in [6, 6.07) is 1.48. The van der Waals surface area contributed by atoms with Crippen LogP contribution in [0.4, 0.5) is 0 Å².